The van der Waals surface area contributed by atoms with E-state index in [1.165, 1.54) is 0 Å². The number of benzene rings is 3. The number of ether oxygens (including phenoxy) is 3. The SMILES string of the molecule is COc1ccc(-c2nc3ccccc3c(=O)n2CCc2ccc(OC)c(OC)c2)cc1. The van der Waals surface area contributed by atoms with Crippen molar-refractivity contribution < 1.29 is 14.2 Å². The van der Waals surface area contributed by atoms with Crippen LogP contribution in [-0.2, 0) is 13.0 Å². The Bertz CT molecular complexity index is 1260. The Balaban J connectivity index is 1.76. The van der Waals surface area contributed by atoms with Crippen LogP contribution in [0.5, 0.6) is 17.2 Å². The fraction of sp³-hybridized carbons (Fsp3) is 0.200. The molecule has 1 aromatic heterocycles. The van der Waals surface area contributed by atoms with Gasteiger partial charge in [-0.3, -0.25) is 9.36 Å². The van der Waals surface area contributed by atoms with Crippen LogP contribution < -0.4 is 19.8 Å². The molecule has 0 amide bonds. The van der Waals surface area contributed by atoms with Crippen molar-refractivity contribution in [2.24, 2.45) is 0 Å². The molecule has 0 aliphatic heterocycles. The van der Waals surface area contributed by atoms with Crippen molar-refractivity contribution in [1.82, 2.24) is 9.55 Å². The van der Waals surface area contributed by atoms with E-state index in [1.807, 2.05) is 66.7 Å². The molecule has 0 bridgehead atoms. The van der Waals surface area contributed by atoms with Crippen LogP contribution in [0.15, 0.2) is 71.5 Å². The van der Waals surface area contributed by atoms with E-state index in [4.69, 9.17) is 19.2 Å². The number of nitrogens with zero attached hydrogens (tertiary/aromatic N) is 2. The van der Waals surface area contributed by atoms with Gasteiger partial charge in [0, 0.05) is 12.1 Å². The zero-order valence-electron chi connectivity index (χ0n) is 17.8. The molecule has 0 atom stereocenters. The van der Waals surface area contributed by atoms with Crippen LogP contribution >= 0.6 is 0 Å². The summed E-state index contributed by atoms with van der Waals surface area (Å²) in [6, 6.07) is 20.8. The first kappa shape index (κ1) is 20.5. The average Bonchev–Trinajstić information content (AvgIpc) is 2.83. The zero-order chi connectivity index (χ0) is 21.8. The van der Waals surface area contributed by atoms with Gasteiger partial charge in [-0.1, -0.05) is 18.2 Å². The predicted octanol–water partition coefficient (Wildman–Crippen LogP) is 4.33. The molecule has 1 heterocycles. The van der Waals surface area contributed by atoms with Crippen molar-refractivity contribution in [2.75, 3.05) is 21.3 Å². The van der Waals surface area contributed by atoms with E-state index < -0.39 is 0 Å². The summed E-state index contributed by atoms with van der Waals surface area (Å²) in [6.07, 6.45) is 0.642. The molecule has 0 unspecified atom stereocenters. The lowest BCUT2D eigenvalue weighted by atomic mass is 10.1. The zero-order valence-corrected chi connectivity index (χ0v) is 17.8. The minimum atomic E-state index is -0.0584. The van der Waals surface area contributed by atoms with Crippen molar-refractivity contribution in [2.45, 2.75) is 13.0 Å². The Morgan fingerprint density at radius 2 is 1.58 bits per heavy atom. The Labute approximate surface area is 180 Å². The highest BCUT2D eigenvalue weighted by molar-refractivity contribution is 5.79. The first-order valence-corrected chi connectivity index (χ1v) is 9.99. The van der Waals surface area contributed by atoms with Crippen molar-refractivity contribution in [3.8, 4) is 28.6 Å². The van der Waals surface area contributed by atoms with Gasteiger partial charge in [-0.2, -0.15) is 0 Å². The molecule has 6 nitrogen and oxygen atoms in total. The molecule has 31 heavy (non-hydrogen) atoms. The topological polar surface area (TPSA) is 62.6 Å². The number of aromatic nitrogens is 2. The van der Waals surface area contributed by atoms with Gasteiger partial charge >= 0.3 is 0 Å². The normalized spacial score (nSPS) is 10.8. The number of hydrogen-bond acceptors (Lipinski definition) is 5. The summed E-state index contributed by atoms with van der Waals surface area (Å²) in [7, 11) is 4.85. The molecular formula is C25H24N2O4. The molecule has 0 saturated heterocycles. The maximum absolute atomic E-state index is 13.3. The molecule has 3 aromatic carbocycles. The molecule has 0 aliphatic carbocycles. The van der Waals surface area contributed by atoms with E-state index in [1.54, 1.807) is 25.9 Å². The third-order valence-electron chi connectivity index (χ3n) is 5.28. The third kappa shape index (κ3) is 4.10. The molecule has 0 N–H and O–H groups in total. The number of para-hydroxylation sites is 1. The van der Waals surface area contributed by atoms with Crippen LogP contribution in [0.25, 0.3) is 22.3 Å². The quantitative estimate of drug-likeness (QED) is 0.449. The molecule has 0 saturated carbocycles. The summed E-state index contributed by atoms with van der Waals surface area (Å²) < 4.78 is 17.7. The molecule has 4 rings (SSSR count). The fourth-order valence-corrected chi connectivity index (χ4v) is 3.61. The van der Waals surface area contributed by atoms with E-state index in [2.05, 4.69) is 0 Å². The molecular weight excluding hydrogens is 392 g/mol. The first-order valence-electron chi connectivity index (χ1n) is 9.99. The van der Waals surface area contributed by atoms with Gasteiger partial charge in [0.1, 0.15) is 11.6 Å². The van der Waals surface area contributed by atoms with Gasteiger partial charge in [0.25, 0.3) is 5.56 Å². The summed E-state index contributed by atoms with van der Waals surface area (Å²) >= 11 is 0. The van der Waals surface area contributed by atoms with Crippen LogP contribution in [0, 0.1) is 0 Å². The predicted molar refractivity (Wildman–Crippen MR) is 121 cm³/mol. The largest absolute Gasteiger partial charge is 0.497 e. The minimum Gasteiger partial charge on any atom is -0.497 e. The van der Waals surface area contributed by atoms with E-state index in [9.17, 15) is 4.79 Å². The van der Waals surface area contributed by atoms with Gasteiger partial charge < -0.3 is 14.2 Å². The monoisotopic (exact) mass is 416 g/mol. The second kappa shape index (κ2) is 8.92. The number of methoxy groups -OCH3 is 3. The summed E-state index contributed by atoms with van der Waals surface area (Å²) in [5.41, 5.74) is 2.52. The Kier molecular flexibility index (Phi) is 5.89. The Morgan fingerprint density at radius 3 is 2.29 bits per heavy atom. The number of fused-ring (bicyclic) bond motifs is 1. The lowest BCUT2D eigenvalue weighted by Gasteiger charge is -2.15. The number of rotatable bonds is 7. The van der Waals surface area contributed by atoms with Crippen LogP contribution in [0.2, 0.25) is 0 Å². The van der Waals surface area contributed by atoms with Gasteiger partial charge in [0.05, 0.1) is 32.2 Å². The van der Waals surface area contributed by atoms with E-state index in [-0.39, 0.29) is 5.56 Å². The fourth-order valence-electron chi connectivity index (χ4n) is 3.61. The van der Waals surface area contributed by atoms with Crippen LogP contribution in [0.4, 0.5) is 0 Å². The standard InChI is InChI=1S/C25H24N2O4/c1-29-19-11-9-18(10-12-19)24-26-21-7-5-4-6-20(21)25(28)27(24)15-14-17-8-13-22(30-2)23(16-17)31-3/h4-13,16H,14-15H2,1-3H3. The highest BCUT2D eigenvalue weighted by Gasteiger charge is 2.14. The van der Waals surface area contributed by atoms with Gasteiger partial charge in [0.2, 0.25) is 0 Å². The molecule has 6 heteroatoms. The molecule has 0 aliphatic rings. The summed E-state index contributed by atoms with van der Waals surface area (Å²) in [6.45, 7) is 0.480. The highest BCUT2D eigenvalue weighted by atomic mass is 16.5. The van der Waals surface area contributed by atoms with Crippen LogP contribution in [0.3, 0.4) is 0 Å². The molecule has 0 radical (unpaired) electrons. The van der Waals surface area contributed by atoms with Crippen molar-refractivity contribution in [3.05, 3.63) is 82.6 Å². The maximum Gasteiger partial charge on any atom is 0.261 e. The smallest absolute Gasteiger partial charge is 0.261 e. The first-order chi connectivity index (χ1) is 15.1. The Hall–Kier alpha value is -3.80. The molecule has 0 spiro atoms. The van der Waals surface area contributed by atoms with E-state index in [0.717, 1.165) is 16.9 Å². The van der Waals surface area contributed by atoms with Gasteiger partial charge in [-0.25, -0.2) is 4.98 Å². The van der Waals surface area contributed by atoms with Gasteiger partial charge in [-0.05, 0) is 60.5 Å². The van der Waals surface area contributed by atoms with Crippen LogP contribution in [-0.4, -0.2) is 30.9 Å². The second-order valence-electron chi connectivity index (χ2n) is 7.08. The van der Waals surface area contributed by atoms with E-state index >= 15 is 0 Å². The molecule has 4 aromatic rings. The maximum atomic E-state index is 13.3. The lowest BCUT2D eigenvalue weighted by molar-refractivity contribution is 0.354. The second-order valence-corrected chi connectivity index (χ2v) is 7.08. The number of hydrogen-bond donors (Lipinski definition) is 0. The molecule has 158 valence electrons. The van der Waals surface area contributed by atoms with Crippen molar-refractivity contribution >= 4 is 10.9 Å². The third-order valence-corrected chi connectivity index (χ3v) is 5.28. The molecule has 0 fully saturated rings. The average molecular weight is 416 g/mol. The summed E-state index contributed by atoms with van der Waals surface area (Å²) in [4.78, 5) is 18.2. The number of aryl methyl sites for hydroxylation is 1. The Morgan fingerprint density at radius 1 is 0.839 bits per heavy atom. The highest BCUT2D eigenvalue weighted by Crippen LogP contribution is 2.28. The van der Waals surface area contributed by atoms with Crippen molar-refractivity contribution in [3.63, 3.8) is 0 Å². The minimum absolute atomic E-state index is 0.0584. The summed E-state index contributed by atoms with van der Waals surface area (Å²) in [5, 5.41) is 0.604. The lowest BCUT2D eigenvalue weighted by Crippen LogP contribution is -2.24. The van der Waals surface area contributed by atoms with Gasteiger partial charge in [0.15, 0.2) is 11.5 Å². The van der Waals surface area contributed by atoms with E-state index in [0.29, 0.717) is 41.2 Å². The van der Waals surface area contributed by atoms with Gasteiger partial charge in [-0.15, -0.1) is 0 Å². The summed E-state index contributed by atoms with van der Waals surface area (Å²) in [5.74, 6) is 2.73. The van der Waals surface area contributed by atoms with Crippen LogP contribution in [0.1, 0.15) is 5.56 Å². The van der Waals surface area contributed by atoms with Crippen molar-refractivity contribution in [1.29, 1.82) is 0 Å².